The van der Waals surface area contributed by atoms with Gasteiger partial charge in [-0.05, 0) is 13.6 Å². The zero-order valence-electron chi connectivity index (χ0n) is 8.22. The van der Waals surface area contributed by atoms with E-state index in [-0.39, 0.29) is 0 Å². The van der Waals surface area contributed by atoms with E-state index in [0.717, 1.165) is 11.4 Å². The highest BCUT2D eigenvalue weighted by Gasteiger charge is 1.98. The lowest BCUT2D eigenvalue weighted by Crippen LogP contribution is -2.12. The van der Waals surface area contributed by atoms with Gasteiger partial charge in [0.2, 0.25) is 0 Å². The summed E-state index contributed by atoms with van der Waals surface area (Å²) < 4.78 is 0. The van der Waals surface area contributed by atoms with Crippen molar-refractivity contribution in [1.82, 2.24) is 5.32 Å². The van der Waals surface area contributed by atoms with Crippen LogP contribution in [0.15, 0.2) is 46.8 Å². The molecule has 0 unspecified atom stereocenters. The van der Waals surface area contributed by atoms with Crippen molar-refractivity contribution < 1.29 is 0 Å². The molecule has 0 heterocycles. The fourth-order valence-corrected chi connectivity index (χ4v) is 0.607. The SMILES string of the molecule is C=NC(=C)C(=C)N=C(C)C(=C)NC. The van der Waals surface area contributed by atoms with Crippen molar-refractivity contribution in [3.05, 3.63) is 36.8 Å². The molecule has 1 N–H and O–H groups in total. The van der Waals surface area contributed by atoms with E-state index in [2.05, 4.69) is 41.8 Å². The Bertz CT molecular complexity index is 285. The molecular weight excluding hydrogens is 162 g/mol. The summed E-state index contributed by atoms with van der Waals surface area (Å²) in [5, 5.41) is 2.88. The quantitative estimate of drug-likeness (QED) is 0.505. The molecule has 0 atom stereocenters. The van der Waals surface area contributed by atoms with E-state index >= 15 is 0 Å². The number of allylic oxidation sites excluding steroid dienone is 1. The van der Waals surface area contributed by atoms with E-state index in [1.54, 1.807) is 7.05 Å². The molecule has 70 valence electrons. The van der Waals surface area contributed by atoms with Gasteiger partial charge in [-0.2, -0.15) is 0 Å². The van der Waals surface area contributed by atoms with Crippen molar-refractivity contribution in [3.63, 3.8) is 0 Å². The van der Waals surface area contributed by atoms with Crippen LogP contribution in [0.1, 0.15) is 6.92 Å². The summed E-state index contributed by atoms with van der Waals surface area (Å²) >= 11 is 0. The predicted octanol–water partition coefficient (Wildman–Crippen LogP) is 1.91. The molecule has 0 spiro atoms. The van der Waals surface area contributed by atoms with Crippen molar-refractivity contribution in [2.24, 2.45) is 9.98 Å². The zero-order valence-corrected chi connectivity index (χ0v) is 8.22. The topological polar surface area (TPSA) is 36.8 Å². The number of hydrogen-bond acceptors (Lipinski definition) is 3. The summed E-state index contributed by atoms with van der Waals surface area (Å²) in [6.45, 7) is 16.2. The molecule has 0 aromatic carbocycles. The Hall–Kier alpha value is -1.64. The molecule has 0 aliphatic carbocycles. The van der Waals surface area contributed by atoms with Gasteiger partial charge in [0.05, 0.1) is 17.1 Å². The van der Waals surface area contributed by atoms with Crippen molar-refractivity contribution in [2.45, 2.75) is 6.92 Å². The van der Waals surface area contributed by atoms with Crippen LogP contribution in [0.3, 0.4) is 0 Å². The average Bonchev–Trinajstić information content (AvgIpc) is 2.14. The fraction of sp³-hybridized carbons (Fsp3) is 0.200. The predicted molar refractivity (Wildman–Crippen MR) is 59.1 cm³/mol. The summed E-state index contributed by atoms with van der Waals surface area (Å²) in [7, 11) is 1.78. The second kappa shape index (κ2) is 5.09. The Balaban J connectivity index is 4.57. The van der Waals surface area contributed by atoms with Gasteiger partial charge in [-0.3, -0.25) is 9.98 Å². The van der Waals surface area contributed by atoms with E-state index in [1.807, 2.05) is 6.92 Å². The van der Waals surface area contributed by atoms with E-state index in [9.17, 15) is 0 Å². The number of rotatable bonds is 5. The minimum atomic E-state index is 0.475. The third kappa shape index (κ3) is 3.51. The number of nitrogens with zero attached hydrogens (tertiary/aromatic N) is 2. The highest BCUT2D eigenvalue weighted by atomic mass is 14.9. The van der Waals surface area contributed by atoms with Gasteiger partial charge in [-0.1, -0.05) is 19.7 Å². The molecule has 0 saturated carbocycles. The molecule has 0 aliphatic heterocycles. The summed E-state index contributed by atoms with van der Waals surface area (Å²) in [5.74, 6) is 0. The summed E-state index contributed by atoms with van der Waals surface area (Å²) in [6.07, 6.45) is 0. The molecule has 0 bridgehead atoms. The highest BCUT2D eigenvalue weighted by Crippen LogP contribution is 2.08. The van der Waals surface area contributed by atoms with Crippen LogP contribution in [0.5, 0.6) is 0 Å². The van der Waals surface area contributed by atoms with Gasteiger partial charge >= 0.3 is 0 Å². The Morgan fingerprint density at radius 2 is 1.69 bits per heavy atom. The van der Waals surface area contributed by atoms with Crippen molar-refractivity contribution in [2.75, 3.05) is 7.05 Å². The van der Waals surface area contributed by atoms with Gasteiger partial charge in [0.25, 0.3) is 0 Å². The zero-order chi connectivity index (χ0) is 10.4. The average molecular weight is 177 g/mol. The van der Waals surface area contributed by atoms with E-state index in [0.29, 0.717) is 11.4 Å². The molecule has 3 nitrogen and oxygen atoms in total. The van der Waals surface area contributed by atoms with Crippen LogP contribution < -0.4 is 5.32 Å². The lowest BCUT2D eigenvalue weighted by Gasteiger charge is -2.04. The van der Waals surface area contributed by atoms with E-state index < -0.39 is 0 Å². The number of nitrogens with one attached hydrogen (secondary N) is 1. The third-order valence-electron chi connectivity index (χ3n) is 1.57. The largest absolute Gasteiger partial charge is 0.387 e. The molecule has 0 aromatic rings. The first-order valence-corrected chi connectivity index (χ1v) is 3.80. The number of hydrogen-bond donors (Lipinski definition) is 1. The van der Waals surface area contributed by atoms with Gasteiger partial charge in [0.15, 0.2) is 0 Å². The molecule has 0 fully saturated rings. The normalized spacial score (nSPS) is 10.5. The molecule has 13 heavy (non-hydrogen) atoms. The first-order chi connectivity index (χ1) is 6.02. The van der Waals surface area contributed by atoms with Crippen LogP contribution in [-0.2, 0) is 0 Å². The maximum absolute atomic E-state index is 4.15. The first-order valence-electron chi connectivity index (χ1n) is 3.80. The second-order valence-electron chi connectivity index (χ2n) is 2.48. The maximum atomic E-state index is 4.15. The number of aliphatic imine (C=N–C) groups is 2. The molecule has 0 aliphatic rings. The molecule has 3 heteroatoms. The standard InChI is InChI=1S/C10H15N3/c1-7(11-5)9(3)13-10(4)8(2)12-6/h12H,1-3,5H2,4,6H3. The van der Waals surface area contributed by atoms with Crippen LogP contribution in [-0.4, -0.2) is 19.5 Å². The maximum Gasteiger partial charge on any atom is 0.0812 e. The van der Waals surface area contributed by atoms with Crippen LogP contribution >= 0.6 is 0 Å². The van der Waals surface area contributed by atoms with Crippen molar-refractivity contribution >= 4 is 12.4 Å². The molecular formula is C10H15N3. The Morgan fingerprint density at radius 3 is 2.08 bits per heavy atom. The van der Waals surface area contributed by atoms with E-state index in [1.165, 1.54) is 0 Å². The molecule has 0 saturated heterocycles. The third-order valence-corrected chi connectivity index (χ3v) is 1.57. The van der Waals surface area contributed by atoms with Crippen LogP contribution in [0.25, 0.3) is 0 Å². The van der Waals surface area contributed by atoms with Gasteiger partial charge in [-0.15, -0.1) is 0 Å². The summed E-state index contributed by atoms with van der Waals surface area (Å²) in [5.41, 5.74) is 2.49. The first kappa shape index (κ1) is 11.4. The van der Waals surface area contributed by atoms with Gasteiger partial charge < -0.3 is 5.32 Å². The monoisotopic (exact) mass is 177 g/mol. The molecule has 0 amide bonds. The van der Waals surface area contributed by atoms with Gasteiger partial charge in [-0.25, -0.2) is 0 Å². The summed E-state index contributed by atoms with van der Waals surface area (Å²) in [4.78, 5) is 7.77. The Morgan fingerprint density at radius 1 is 1.15 bits per heavy atom. The highest BCUT2D eigenvalue weighted by molar-refractivity contribution is 5.97. The van der Waals surface area contributed by atoms with E-state index in [4.69, 9.17) is 0 Å². The van der Waals surface area contributed by atoms with Gasteiger partial charge in [0.1, 0.15) is 0 Å². The van der Waals surface area contributed by atoms with Crippen LogP contribution in [0, 0.1) is 0 Å². The molecule has 0 radical (unpaired) electrons. The summed E-state index contributed by atoms with van der Waals surface area (Å²) in [6, 6.07) is 0. The fourth-order valence-electron chi connectivity index (χ4n) is 0.607. The second-order valence-corrected chi connectivity index (χ2v) is 2.48. The molecule has 0 aromatic heterocycles. The minimum absolute atomic E-state index is 0.475. The minimum Gasteiger partial charge on any atom is -0.387 e. The van der Waals surface area contributed by atoms with Crippen LogP contribution in [0.4, 0.5) is 0 Å². The lowest BCUT2D eigenvalue weighted by atomic mass is 10.3. The Labute approximate surface area is 79.3 Å². The molecule has 0 rings (SSSR count). The van der Waals surface area contributed by atoms with Gasteiger partial charge in [0, 0.05) is 12.7 Å². The smallest absolute Gasteiger partial charge is 0.0812 e. The van der Waals surface area contributed by atoms with Crippen molar-refractivity contribution in [1.29, 1.82) is 0 Å². The Kier molecular flexibility index (Phi) is 4.44. The van der Waals surface area contributed by atoms with Crippen molar-refractivity contribution in [3.8, 4) is 0 Å². The van der Waals surface area contributed by atoms with Crippen LogP contribution in [0.2, 0.25) is 0 Å². The lowest BCUT2D eigenvalue weighted by molar-refractivity contribution is 1.05.